The second-order valence-electron chi connectivity index (χ2n) is 3.42. The first-order valence-corrected chi connectivity index (χ1v) is 6.19. The van der Waals surface area contributed by atoms with E-state index in [1.165, 1.54) is 6.92 Å². The van der Waals surface area contributed by atoms with Gasteiger partial charge in [-0.05, 0) is 6.92 Å². The number of sulfonamides is 1. The monoisotopic (exact) mass is 247 g/mol. The average molecular weight is 247 g/mol. The molecule has 0 bridgehead atoms. The van der Waals surface area contributed by atoms with E-state index in [-0.39, 0.29) is 19.8 Å². The summed E-state index contributed by atoms with van der Waals surface area (Å²) >= 11 is 0. The van der Waals surface area contributed by atoms with Crippen molar-refractivity contribution in [3.8, 4) is 6.07 Å². The lowest BCUT2D eigenvalue weighted by molar-refractivity contribution is -0.125. The Bertz CT molecular complexity index is 413. The maximum atomic E-state index is 11.9. The summed E-state index contributed by atoms with van der Waals surface area (Å²) in [6, 6.07) is 0.620. The molecule has 1 aliphatic heterocycles. The highest BCUT2D eigenvalue weighted by Crippen LogP contribution is 2.16. The van der Waals surface area contributed by atoms with Crippen LogP contribution in [0.15, 0.2) is 0 Å². The van der Waals surface area contributed by atoms with E-state index >= 15 is 0 Å². The zero-order valence-corrected chi connectivity index (χ0v) is 9.61. The van der Waals surface area contributed by atoms with Crippen molar-refractivity contribution in [3.05, 3.63) is 0 Å². The highest BCUT2D eigenvalue weighted by Gasteiger charge is 2.39. The van der Waals surface area contributed by atoms with Gasteiger partial charge in [-0.15, -0.1) is 0 Å². The van der Waals surface area contributed by atoms with E-state index < -0.39 is 27.2 Å². The molecule has 0 radical (unpaired) electrons. The minimum Gasteiger partial charge on any atom is -0.378 e. The van der Waals surface area contributed by atoms with Gasteiger partial charge in [0.1, 0.15) is 6.04 Å². The van der Waals surface area contributed by atoms with Gasteiger partial charge in [-0.1, -0.05) is 0 Å². The minimum atomic E-state index is -3.81. The number of rotatable bonds is 3. The zero-order valence-electron chi connectivity index (χ0n) is 8.79. The fraction of sp³-hybridized carbons (Fsp3) is 0.750. The summed E-state index contributed by atoms with van der Waals surface area (Å²) in [5.74, 6) is -0.770. The molecular weight excluding hydrogens is 234 g/mol. The van der Waals surface area contributed by atoms with Crippen LogP contribution in [-0.2, 0) is 19.6 Å². The van der Waals surface area contributed by atoms with Gasteiger partial charge in [-0.2, -0.15) is 9.57 Å². The number of carbonyl (C=O) groups is 1. The molecule has 0 aromatic carbocycles. The average Bonchev–Trinajstić information content (AvgIpc) is 2.27. The molecule has 90 valence electrons. The number of nitriles is 1. The third-order valence-electron chi connectivity index (χ3n) is 2.36. The molecule has 2 unspecified atom stereocenters. The van der Waals surface area contributed by atoms with Crippen molar-refractivity contribution in [3.63, 3.8) is 0 Å². The number of carbonyl (C=O) groups excluding carboxylic acids is 1. The number of hydrogen-bond donors (Lipinski definition) is 1. The van der Waals surface area contributed by atoms with Crippen LogP contribution in [0.3, 0.4) is 0 Å². The molecule has 1 fully saturated rings. The molecule has 7 nitrogen and oxygen atoms in total. The van der Waals surface area contributed by atoms with Gasteiger partial charge in [0.05, 0.1) is 19.3 Å². The molecule has 0 spiro atoms. The largest absolute Gasteiger partial charge is 0.378 e. The van der Waals surface area contributed by atoms with Crippen LogP contribution in [-0.4, -0.2) is 49.7 Å². The van der Waals surface area contributed by atoms with E-state index in [0.717, 1.165) is 4.31 Å². The molecule has 1 amide bonds. The standard InChI is InChI=1S/C8H13N3O4S/c1-6(4-9)16(13,14)11-2-3-15-5-7(11)8(10)12/h6-7H,2-3,5H2,1H3,(H2,10,12). The lowest BCUT2D eigenvalue weighted by Gasteiger charge is -2.33. The Labute approximate surface area is 93.8 Å². The summed E-state index contributed by atoms with van der Waals surface area (Å²) < 4.78 is 29.7. The van der Waals surface area contributed by atoms with Crippen LogP contribution in [0.1, 0.15) is 6.92 Å². The maximum absolute atomic E-state index is 11.9. The van der Waals surface area contributed by atoms with Crippen molar-refractivity contribution in [1.82, 2.24) is 4.31 Å². The topological polar surface area (TPSA) is 113 Å². The van der Waals surface area contributed by atoms with E-state index in [2.05, 4.69) is 0 Å². The van der Waals surface area contributed by atoms with Crippen LogP contribution >= 0.6 is 0 Å². The molecule has 0 aromatic rings. The van der Waals surface area contributed by atoms with E-state index in [0.29, 0.717) is 0 Å². The minimum absolute atomic E-state index is 0.0436. The van der Waals surface area contributed by atoms with E-state index in [9.17, 15) is 13.2 Å². The summed E-state index contributed by atoms with van der Waals surface area (Å²) in [6.07, 6.45) is 0. The lowest BCUT2D eigenvalue weighted by Crippen LogP contribution is -2.56. The second-order valence-corrected chi connectivity index (χ2v) is 5.63. The Kier molecular flexibility index (Phi) is 3.85. The molecule has 2 N–H and O–H groups in total. The van der Waals surface area contributed by atoms with Gasteiger partial charge in [0.25, 0.3) is 0 Å². The molecule has 1 aliphatic rings. The summed E-state index contributed by atoms with van der Waals surface area (Å²) in [5, 5.41) is 7.42. The highest BCUT2D eigenvalue weighted by atomic mass is 32.2. The zero-order chi connectivity index (χ0) is 12.3. The van der Waals surface area contributed by atoms with Gasteiger partial charge in [0.15, 0.2) is 5.25 Å². The van der Waals surface area contributed by atoms with Gasteiger partial charge in [-0.25, -0.2) is 8.42 Å². The summed E-state index contributed by atoms with van der Waals surface area (Å²) in [4.78, 5) is 11.1. The third kappa shape index (κ3) is 2.32. The maximum Gasteiger partial charge on any atom is 0.238 e. The highest BCUT2D eigenvalue weighted by molar-refractivity contribution is 7.90. The number of hydrogen-bond acceptors (Lipinski definition) is 5. The number of nitrogens with zero attached hydrogens (tertiary/aromatic N) is 2. The van der Waals surface area contributed by atoms with Gasteiger partial charge >= 0.3 is 0 Å². The van der Waals surface area contributed by atoms with Crippen molar-refractivity contribution in [2.75, 3.05) is 19.8 Å². The summed E-state index contributed by atoms with van der Waals surface area (Å²) in [5.41, 5.74) is 5.09. The molecule has 1 heterocycles. The fourth-order valence-corrected chi connectivity index (χ4v) is 2.77. The van der Waals surface area contributed by atoms with Gasteiger partial charge in [0, 0.05) is 6.54 Å². The Balaban J connectivity index is 3.01. The first-order valence-electron chi connectivity index (χ1n) is 4.68. The molecule has 0 aromatic heterocycles. The predicted octanol–water partition coefficient (Wildman–Crippen LogP) is -1.59. The van der Waals surface area contributed by atoms with E-state index in [1.54, 1.807) is 6.07 Å². The number of primary amides is 1. The summed E-state index contributed by atoms with van der Waals surface area (Å²) in [7, 11) is -3.81. The fourth-order valence-electron chi connectivity index (χ4n) is 1.39. The van der Waals surface area contributed by atoms with E-state index in [1.807, 2.05) is 0 Å². The van der Waals surface area contributed by atoms with Gasteiger partial charge in [0.2, 0.25) is 15.9 Å². The molecule has 16 heavy (non-hydrogen) atoms. The number of amides is 1. The SMILES string of the molecule is CC(C#N)S(=O)(=O)N1CCOCC1C(N)=O. The van der Waals surface area contributed by atoms with Crippen molar-refractivity contribution < 1.29 is 17.9 Å². The Morgan fingerprint density at radius 1 is 1.69 bits per heavy atom. The Morgan fingerprint density at radius 3 is 2.81 bits per heavy atom. The smallest absolute Gasteiger partial charge is 0.238 e. The van der Waals surface area contributed by atoms with Crippen LogP contribution in [0, 0.1) is 11.3 Å². The Hall–Kier alpha value is -1.17. The van der Waals surface area contributed by atoms with Gasteiger partial charge < -0.3 is 10.5 Å². The van der Waals surface area contributed by atoms with Crippen LogP contribution < -0.4 is 5.73 Å². The Morgan fingerprint density at radius 2 is 2.31 bits per heavy atom. The van der Waals surface area contributed by atoms with Crippen LogP contribution in [0.25, 0.3) is 0 Å². The van der Waals surface area contributed by atoms with Gasteiger partial charge in [-0.3, -0.25) is 4.79 Å². The number of ether oxygens (including phenoxy) is 1. The molecule has 1 rings (SSSR count). The lowest BCUT2D eigenvalue weighted by atomic mass is 10.3. The second kappa shape index (κ2) is 4.78. The van der Waals surface area contributed by atoms with E-state index in [4.69, 9.17) is 15.7 Å². The van der Waals surface area contributed by atoms with Crippen molar-refractivity contribution >= 4 is 15.9 Å². The molecule has 0 aliphatic carbocycles. The van der Waals surface area contributed by atoms with Crippen molar-refractivity contribution in [2.45, 2.75) is 18.2 Å². The summed E-state index contributed by atoms with van der Waals surface area (Å²) in [6.45, 7) is 1.44. The van der Waals surface area contributed by atoms with Crippen LogP contribution in [0.2, 0.25) is 0 Å². The van der Waals surface area contributed by atoms with Crippen molar-refractivity contribution in [1.29, 1.82) is 5.26 Å². The quantitative estimate of drug-likeness (QED) is 0.646. The molecule has 0 saturated carbocycles. The third-order valence-corrected chi connectivity index (χ3v) is 4.45. The molecule has 1 saturated heterocycles. The van der Waals surface area contributed by atoms with Crippen LogP contribution in [0.4, 0.5) is 0 Å². The molecule has 2 atom stereocenters. The predicted molar refractivity (Wildman–Crippen MR) is 54.5 cm³/mol. The number of morpholine rings is 1. The van der Waals surface area contributed by atoms with Crippen molar-refractivity contribution in [2.24, 2.45) is 5.73 Å². The van der Waals surface area contributed by atoms with Crippen LogP contribution in [0.5, 0.6) is 0 Å². The number of nitrogens with two attached hydrogens (primary N) is 1. The first-order chi connectivity index (χ1) is 7.41. The normalized spacial score (nSPS) is 24.6. The first kappa shape index (κ1) is 12.9. The molecule has 8 heteroatoms. The molecular formula is C8H13N3O4S.